The first-order valence-electron chi connectivity index (χ1n) is 6.88. The van der Waals surface area contributed by atoms with Crippen LogP contribution in [0.1, 0.15) is 37.7 Å². The number of nitrogens with zero attached hydrogens (tertiary/aromatic N) is 2. The van der Waals surface area contributed by atoms with Crippen LogP contribution in [-0.2, 0) is 4.74 Å². The Kier molecular flexibility index (Phi) is 2.58. The van der Waals surface area contributed by atoms with Gasteiger partial charge in [0.15, 0.2) is 0 Å². The van der Waals surface area contributed by atoms with Gasteiger partial charge >= 0.3 is 0 Å². The molecule has 98 valence electrons. The van der Waals surface area contributed by atoms with Crippen LogP contribution in [-0.4, -0.2) is 15.8 Å². The van der Waals surface area contributed by atoms with Gasteiger partial charge in [0, 0.05) is 11.0 Å². The summed E-state index contributed by atoms with van der Waals surface area (Å²) in [6.45, 7) is 0. The molecule has 2 heterocycles. The lowest BCUT2D eigenvalue weighted by Gasteiger charge is -2.37. The molecule has 0 aromatic heterocycles. The van der Waals surface area contributed by atoms with E-state index < -0.39 is 0 Å². The van der Waals surface area contributed by atoms with Crippen LogP contribution in [0.5, 0.6) is 0 Å². The third kappa shape index (κ3) is 1.77. The molecule has 0 N–H and O–H groups in total. The van der Waals surface area contributed by atoms with E-state index in [1.807, 2.05) is 42.1 Å². The van der Waals surface area contributed by atoms with Gasteiger partial charge in [0.2, 0.25) is 11.8 Å². The first-order valence-corrected chi connectivity index (χ1v) is 7.76. The Labute approximate surface area is 117 Å². The highest BCUT2D eigenvalue weighted by molar-refractivity contribution is 8.03. The van der Waals surface area contributed by atoms with Crippen LogP contribution in [0.25, 0.3) is 0 Å². The topological polar surface area (TPSA) is 24.8 Å². The Morgan fingerprint density at radius 2 is 1.89 bits per heavy atom. The molecular weight excluding hydrogens is 256 g/mol. The van der Waals surface area contributed by atoms with Gasteiger partial charge in [0.25, 0.3) is 0 Å². The monoisotopic (exact) mass is 272 g/mol. The van der Waals surface area contributed by atoms with Crippen LogP contribution in [0.15, 0.2) is 46.7 Å². The Balaban J connectivity index is 1.66. The number of hydrogen-bond acceptors (Lipinski definition) is 4. The summed E-state index contributed by atoms with van der Waals surface area (Å²) < 4.78 is 5.92. The average molecular weight is 272 g/mol. The molecule has 1 aromatic carbocycles. The van der Waals surface area contributed by atoms with E-state index in [9.17, 15) is 0 Å². The van der Waals surface area contributed by atoms with Crippen molar-refractivity contribution in [2.75, 3.05) is 0 Å². The average Bonchev–Trinajstić information content (AvgIpc) is 3.03. The summed E-state index contributed by atoms with van der Waals surface area (Å²) in [4.78, 5) is 0.129. The van der Waals surface area contributed by atoms with E-state index in [-0.39, 0.29) is 4.87 Å². The molecule has 0 unspecified atom stereocenters. The molecule has 2 aliphatic heterocycles. The predicted octanol–water partition coefficient (Wildman–Crippen LogP) is 3.89. The maximum absolute atomic E-state index is 5.92. The minimum absolute atomic E-state index is 0.129. The van der Waals surface area contributed by atoms with Gasteiger partial charge in [-0.15, -0.1) is 5.10 Å². The van der Waals surface area contributed by atoms with Crippen molar-refractivity contribution in [1.29, 1.82) is 0 Å². The summed E-state index contributed by atoms with van der Waals surface area (Å²) in [5, 5.41) is 8.99. The van der Waals surface area contributed by atoms with E-state index in [2.05, 4.69) is 10.4 Å². The quantitative estimate of drug-likeness (QED) is 0.775. The highest BCUT2D eigenvalue weighted by atomic mass is 32.2. The molecule has 1 aliphatic carbocycles. The molecule has 1 saturated carbocycles. The highest BCUT2D eigenvalue weighted by Crippen LogP contribution is 2.51. The largest absolute Gasteiger partial charge is 0.418 e. The van der Waals surface area contributed by atoms with E-state index in [1.54, 1.807) is 0 Å². The molecule has 0 atom stereocenters. The van der Waals surface area contributed by atoms with Gasteiger partial charge < -0.3 is 4.74 Å². The molecule has 0 bridgehead atoms. The first kappa shape index (κ1) is 11.4. The molecule has 0 saturated heterocycles. The van der Waals surface area contributed by atoms with Crippen molar-refractivity contribution in [2.24, 2.45) is 5.10 Å². The lowest BCUT2D eigenvalue weighted by atomic mass is 9.94. The molecular formula is C15H16N2OS. The normalized spacial score (nSPS) is 23.9. The number of fused-ring (bicyclic) bond motifs is 2. The van der Waals surface area contributed by atoms with E-state index in [1.165, 1.54) is 32.1 Å². The maximum atomic E-state index is 5.92. The zero-order valence-electron chi connectivity index (χ0n) is 10.7. The van der Waals surface area contributed by atoms with Crippen molar-refractivity contribution >= 4 is 17.7 Å². The molecule has 4 rings (SSSR count). The van der Waals surface area contributed by atoms with Gasteiger partial charge in [-0.2, -0.15) is 0 Å². The zero-order chi connectivity index (χ0) is 12.7. The predicted molar refractivity (Wildman–Crippen MR) is 77.4 cm³/mol. The minimum Gasteiger partial charge on any atom is -0.418 e. The van der Waals surface area contributed by atoms with Crippen LogP contribution in [0, 0.1) is 0 Å². The van der Waals surface area contributed by atoms with Crippen molar-refractivity contribution in [2.45, 2.75) is 37.0 Å². The van der Waals surface area contributed by atoms with Gasteiger partial charge in [-0.05, 0) is 25.0 Å². The van der Waals surface area contributed by atoms with Gasteiger partial charge in [-0.3, -0.25) is 0 Å². The summed E-state index contributed by atoms with van der Waals surface area (Å²) >= 11 is 1.89. The molecule has 0 amide bonds. The van der Waals surface area contributed by atoms with Gasteiger partial charge in [0.1, 0.15) is 4.87 Å². The molecule has 19 heavy (non-hydrogen) atoms. The van der Waals surface area contributed by atoms with Crippen LogP contribution < -0.4 is 0 Å². The molecule has 4 heteroatoms. The Morgan fingerprint density at radius 3 is 2.68 bits per heavy atom. The number of hydrazone groups is 1. The van der Waals surface area contributed by atoms with Crippen LogP contribution in [0.4, 0.5) is 0 Å². The SMILES string of the molecule is C1=C2OC(c3ccccc3)=NN2C2(CCCCC2)S1. The first-order chi connectivity index (χ1) is 9.37. The summed E-state index contributed by atoms with van der Waals surface area (Å²) in [5.41, 5.74) is 1.05. The fourth-order valence-corrected chi connectivity index (χ4v) is 4.23. The second-order valence-corrected chi connectivity index (χ2v) is 6.50. The number of benzene rings is 1. The Bertz CT molecular complexity index is 547. The van der Waals surface area contributed by atoms with Crippen molar-refractivity contribution in [3.8, 4) is 0 Å². The summed E-state index contributed by atoms with van der Waals surface area (Å²) in [7, 11) is 0. The van der Waals surface area contributed by atoms with Crippen LogP contribution >= 0.6 is 11.8 Å². The van der Waals surface area contributed by atoms with E-state index in [0.29, 0.717) is 0 Å². The molecule has 1 spiro atoms. The second-order valence-electron chi connectivity index (χ2n) is 5.27. The zero-order valence-corrected chi connectivity index (χ0v) is 11.5. The standard InChI is InChI=1S/C15H16N2OS/c1-3-7-12(8-4-1)14-16-17-13(18-14)11-19-15(17)9-5-2-6-10-15/h1,3-4,7-8,11H,2,5-6,9-10H2. The number of thioether (sulfide) groups is 1. The minimum atomic E-state index is 0.129. The molecule has 0 radical (unpaired) electrons. The Hall–Kier alpha value is -1.42. The third-order valence-electron chi connectivity index (χ3n) is 4.02. The van der Waals surface area contributed by atoms with Crippen LogP contribution in [0.3, 0.4) is 0 Å². The van der Waals surface area contributed by atoms with Crippen molar-refractivity contribution in [1.82, 2.24) is 5.01 Å². The number of ether oxygens (including phenoxy) is 1. The van der Waals surface area contributed by atoms with Crippen molar-refractivity contribution in [3.63, 3.8) is 0 Å². The van der Waals surface area contributed by atoms with Gasteiger partial charge in [0.05, 0.1) is 0 Å². The van der Waals surface area contributed by atoms with E-state index in [0.717, 1.165) is 17.3 Å². The van der Waals surface area contributed by atoms with Crippen LogP contribution in [0.2, 0.25) is 0 Å². The summed E-state index contributed by atoms with van der Waals surface area (Å²) in [6.07, 6.45) is 6.34. The molecule has 1 aromatic rings. The number of rotatable bonds is 1. The Morgan fingerprint density at radius 1 is 1.11 bits per heavy atom. The fourth-order valence-electron chi connectivity index (χ4n) is 3.01. The van der Waals surface area contributed by atoms with Crippen molar-refractivity contribution in [3.05, 3.63) is 47.2 Å². The van der Waals surface area contributed by atoms with E-state index >= 15 is 0 Å². The van der Waals surface area contributed by atoms with Crippen molar-refractivity contribution < 1.29 is 4.74 Å². The van der Waals surface area contributed by atoms with Gasteiger partial charge in [-0.25, -0.2) is 5.01 Å². The van der Waals surface area contributed by atoms with Gasteiger partial charge in [-0.1, -0.05) is 49.2 Å². The van der Waals surface area contributed by atoms with E-state index in [4.69, 9.17) is 9.84 Å². The smallest absolute Gasteiger partial charge is 0.245 e. The summed E-state index contributed by atoms with van der Waals surface area (Å²) in [5.74, 6) is 1.64. The fraction of sp³-hybridized carbons (Fsp3) is 0.400. The third-order valence-corrected chi connectivity index (χ3v) is 5.36. The summed E-state index contributed by atoms with van der Waals surface area (Å²) in [6, 6.07) is 10.1. The lowest BCUT2D eigenvalue weighted by Crippen LogP contribution is -2.39. The number of hydrogen-bond donors (Lipinski definition) is 0. The highest BCUT2D eigenvalue weighted by Gasteiger charge is 2.47. The maximum Gasteiger partial charge on any atom is 0.245 e. The lowest BCUT2D eigenvalue weighted by molar-refractivity contribution is 0.150. The molecule has 1 fully saturated rings. The molecule has 3 nitrogen and oxygen atoms in total. The molecule has 3 aliphatic rings. The second kappa shape index (κ2) is 4.30.